The zero-order valence-corrected chi connectivity index (χ0v) is 11.9. The first-order chi connectivity index (χ1) is 8.54. The summed E-state index contributed by atoms with van der Waals surface area (Å²) < 4.78 is 0. The molecule has 1 saturated heterocycles. The minimum atomic E-state index is -0.919. The van der Waals surface area contributed by atoms with Crippen LogP contribution in [-0.4, -0.2) is 39.6 Å². The highest BCUT2D eigenvalue weighted by atomic mass is 32.2. The molecule has 98 valence electrons. The second-order valence-corrected chi connectivity index (χ2v) is 6.43. The van der Waals surface area contributed by atoms with E-state index in [4.69, 9.17) is 5.11 Å². The molecule has 1 aromatic heterocycles. The van der Waals surface area contributed by atoms with Gasteiger partial charge in [0.15, 0.2) is 0 Å². The van der Waals surface area contributed by atoms with E-state index in [0.717, 1.165) is 11.3 Å². The van der Waals surface area contributed by atoms with Crippen LogP contribution in [0.2, 0.25) is 0 Å². The van der Waals surface area contributed by atoms with Crippen LogP contribution in [0.4, 0.5) is 0 Å². The molecule has 0 unspecified atom stereocenters. The van der Waals surface area contributed by atoms with Gasteiger partial charge in [-0.1, -0.05) is 6.92 Å². The van der Waals surface area contributed by atoms with Gasteiger partial charge >= 0.3 is 5.97 Å². The van der Waals surface area contributed by atoms with Crippen molar-refractivity contribution in [2.75, 3.05) is 11.6 Å². The fraction of sp³-hybridized carbons (Fsp3) is 0.500. The van der Waals surface area contributed by atoms with Crippen molar-refractivity contribution in [3.05, 3.63) is 21.4 Å². The summed E-state index contributed by atoms with van der Waals surface area (Å²) >= 11 is 2.94. The number of carboxylic acid groups (broad SMARTS) is 1. The molecule has 0 saturated carbocycles. The molecule has 1 aliphatic heterocycles. The van der Waals surface area contributed by atoms with Crippen molar-refractivity contribution in [2.24, 2.45) is 0 Å². The quantitative estimate of drug-likeness (QED) is 0.925. The molecule has 1 aliphatic rings. The van der Waals surface area contributed by atoms with Crippen molar-refractivity contribution < 1.29 is 14.7 Å². The minimum absolute atomic E-state index is 0.153. The Kier molecular flexibility index (Phi) is 3.97. The Bertz CT molecular complexity index is 484. The summed E-state index contributed by atoms with van der Waals surface area (Å²) in [5.74, 6) is -0.127. The Hall–Kier alpha value is -1.01. The van der Waals surface area contributed by atoms with Crippen LogP contribution >= 0.6 is 23.1 Å². The highest BCUT2D eigenvalue weighted by Gasteiger charge is 2.35. The number of thiophene rings is 1. The number of hydrogen-bond donors (Lipinski definition) is 1. The van der Waals surface area contributed by atoms with Crippen LogP contribution in [0.15, 0.2) is 6.07 Å². The smallest absolute Gasteiger partial charge is 0.327 e. The van der Waals surface area contributed by atoms with Gasteiger partial charge in [0.1, 0.15) is 6.04 Å². The Morgan fingerprint density at radius 2 is 2.28 bits per heavy atom. The fourth-order valence-corrected chi connectivity index (χ4v) is 4.18. The monoisotopic (exact) mass is 285 g/mol. The number of carboxylic acids is 1. The van der Waals surface area contributed by atoms with Crippen LogP contribution in [0.25, 0.3) is 0 Å². The van der Waals surface area contributed by atoms with Crippen molar-refractivity contribution in [3.63, 3.8) is 0 Å². The maximum Gasteiger partial charge on any atom is 0.327 e. The summed E-state index contributed by atoms with van der Waals surface area (Å²) in [6.07, 6.45) is 0.896. The lowest BCUT2D eigenvalue weighted by molar-refractivity contribution is -0.140. The van der Waals surface area contributed by atoms with Crippen LogP contribution in [-0.2, 0) is 11.2 Å². The Morgan fingerprint density at radius 1 is 1.56 bits per heavy atom. The van der Waals surface area contributed by atoms with E-state index in [2.05, 4.69) is 6.92 Å². The molecule has 1 fully saturated rings. The molecule has 2 rings (SSSR count). The normalized spacial score (nSPS) is 19.2. The number of hydrogen-bond acceptors (Lipinski definition) is 4. The summed E-state index contributed by atoms with van der Waals surface area (Å²) in [4.78, 5) is 26.6. The first kappa shape index (κ1) is 13.4. The second kappa shape index (κ2) is 5.32. The molecule has 1 N–H and O–H groups in total. The van der Waals surface area contributed by atoms with E-state index in [0.29, 0.717) is 16.5 Å². The predicted octanol–water partition coefficient (Wildman–Crippen LogP) is 2.22. The molecule has 1 atom stereocenters. The molecule has 0 spiro atoms. The Labute approximate surface area is 114 Å². The summed E-state index contributed by atoms with van der Waals surface area (Å²) in [6, 6.07) is 1.21. The summed E-state index contributed by atoms with van der Waals surface area (Å²) in [6.45, 7) is 4.04. The summed E-state index contributed by atoms with van der Waals surface area (Å²) in [5.41, 5.74) is 1.17. The van der Waals surface area contributed by atoms with E-state index in [1.165, 1.54) is 33.6 Å². The minimum Gasteiger partial charge on any atom is -0.480 e. The van der Waals surface area contributed by atoms with E-state index in [1.807, 2.05) is 13.0 Å². The highest BCUT2D eigenvalue weighted by Crippen LogP contribution is 2.28. The number of rotatable bonds is 3. The van der Waals surface area contributed by atoms with E-state index < -0.39 is 12.0 Å². The standard InChI is InChI=1S/C12H15NO3S2/c1-3-8-4-10(18-7(8)2)11(14)13-6-17-5-9(13)12(15)16/h4,9H,3,5-6H2,1-2H3,(H,15,16)/t9-/m0/s1. The van der Waals surface area contributed by atoms with Crippen LogP contribution in [0.1, 0.15) is 27.0 Å². The lowest BCUT2D eigenvalue weighted by Crippen LogP contribution is -2.41. The molecule has 4 nitrogen and oxygen atoms in total. The van der Waals surface area contributed by atoms with Crippen molar-refractivity contribution in [3.8, 4) is 0 Å². The number of nitrogens with zero attached hydrogens (tertiary/aromatic N) is 1. The van der Waals surface area contributed by atoms with E-state index >= 15 is 0 Å². The van der Waals surface area contributed by atoms with Gasteiger partial charge in [0, 0.05) is 10.6 Å². The van der Waals surface area contributed by atoms with Gasteiger partial charge in [-0.05, 0) is 25.0 Å². The van der Waals surface area contributed by atoms with Crippen molar-refractivity contribution in [1.29, 1.82) is 0 Å². The molecule has 18 heavy (non-hydrogen) atoms. The molecular formula is C12H15NO3S2. The van der Waals surface area contributed by atoms with Gasteiger partial charge in [-0.15, -0.1) is 23.1 Å². The maximum atomic E-state index is 12.3. The van der Waals surface area contributed by atoms with Gasteiger partial charge in [0.25, 0.3) is 5.91 Å². The third kappa shape index (κ3) is 2.40. The largest absolute Gasteiger partial charge is 0.480 e. The van der Waals surface area contributed by atoms with Gasteiger partial charge in [0.05, 0.1) is 10.8 Å². The Balaban J connectivity index is 2.22. The van der Waals surface area contributed by atoms with Gasteiger partial charge in [0.2, 0.25) is 0 Å². The van der Waals surface area contributed by atoms with Gasteiger partial charge in [-0.3, -0.25) is 4.79 Å². The van der Waals surface area contributed by atoms with Crippen LogP contribution in [0, 0.1) is 6.92 Å². The molecule has 0 aromatic carbocycles. The second-order valence-electron chi connectivity index (χ2n) is 4.17. The maximum absolute atomic E-state index is 12.3. The van der Waals surface area contributed by atoms with E-state index in [1.54, 1.807) is 0 Å². The number of carbonyl (C=O) groups is 2. The van der Waals surface area contributed by atoms with Crippen molar-refractivity contribution in [1.82, 2.24) is 4.90 Å². The molecule has 0 radical (unpaired) electrons. The van der Waals surface area contributed by atoms with Crippen LogP contribution < -0.4 is 0 Å². The zero-order chi connectivity index (χ0) is 13.3. The lowest BCUT2D eigenvalue weighted by atomic mass is 10.2. The highest BCUT2D eigenvalue weighted by molar-refractivity contribution is 7.99. The topological polar surface area (TPSA) is 57.6 Å². The van der Waals surface area contributed by atoms with Crippen LogP contribution in [0.5, 0.6) is 0 Å². The average molecular weight is 285 g/mol. The molecule has 1 aromatic rings. The average Bonchev–Trinajstić information content (AvgIpc) is 2.93. The molecule has 2 heterocycles. The number of carbonyl (C=O) groups excluding carboxylic acids is 1. The third-order valence-corrected chi connectivity index (χ3v) is 5.13. The predicted molar refractivity (Wildman–Crippen MR) is 73.4 cm³/mol. The molecule has 6 heteroatoms. The first-order valence-corrected chi connectivity index (χ1v) is 7.72. The summed E-state index contributed by atoms with van der Waals surface area (Å²) in [7, 11) is 0. The summed E-state index contributed by atoms with van der Waals surface area (Å²) in [5, 5.41) is 9.08. The number of aryl methyl sites for hydroxylation is 2. The van der Waals surface area contributed by atoms with Crippen molar-refractivity contribution in [2.45, 2.75) is 26.3 Å². The molecular weight excluding hydrogens is 270 g/mol. The SMILES string of the molecule is CCc1cc(C(=O)N2CSC[C@H]2C(=O)O)sc1C. The zero-order valence-electron chi connectivity index (χ0n) is 10.3. The van der Waals surface area contributed by atoms with Gasteiger partial charge < -0.3 is 10.0 Å². The van der Waals surface area contributed by atoms with E-state index in [-0.39, 0.29) is 5.91 Å². The third-order valence-electron chi connectivity index (χ3n) is 3.04. The van der Waals surface area contributed by atoms with Crippen LogP contribution in [0.3, 0.4) is 0 Å². The molecule has 0 bridgehead atoms. The molecule has 0 aliphatic carbocycles. The number of thioether (sulfide) groups is 1. The lowest BCUT2D eigenvalue weighted by Gasteiger charge is -2.19. The fourth-order valence-electron chi connectivity index (χ4n) is 1.97. The number of amides is 1. The Morgan fingerprint density at radius 3 is 2.83 bits per heavy atom. The van der Waals surface area contributed by atoms with Gasteiger partial charge in [-0.2, -0.15) is 0 Å². The van der Waals surface area contributed by atoms with Crippen molar-refractivity contribution >= 4 is 35.0 Å². The molecule has 1 amide bonds. The first-order valence-electron chi connectivity index (χ1n) is 5.75. The van der Waals surface area contributed by atoms with E-state index in [9.17, 15) is 9.59 Å². The number of aliphatic carboxylic acids is 1. The van der Waals surface area contributed by atoms with Gasteiger partial charge in [-0.25, -0.2) is 4.79 Å².